The quantitative estimate of drug-likeness (QED) is 0.814. The van der Waals surface area contributed by atoms with E-state index in [2.05, 4.69) is 15.7 Å². The third-order valence-electron chi connectivity index (χ3n) is 5.69. The maximum atomic E-state index is 13.3. The SMILES string of the molecule is CC1CC(NC(=O)C2(n3cccn3)CCNCC2)C(=O)N1c1ccccc1.Cl. The van der Waals surface area contributed by atoms with Crippen molar-refractivity contribution >= 4 is 29.9 Å². The first-order chi connectivity index (χ1) is 13.1. The number of rotatable bonds is 4. The van der Waals surface area contributed by atoms with Gasteiger partial charge in [-0.05, 0) is 57.5 Å². The zero-order valence-electron chi connectivity index (χ0n) is 15.9. The Kier molecular flexibility index (Phi) is 6.05. The number of halogens is 1. The molecule has 2 amide bonds. The Labute approximate surface area is 170 Å². The molecule has 2 fully saturated rings. The number of para-hydroxylation sites is 1. The van der Waals surface area contributed by atoms with Crippen molar-refractivity contribution in [2.24, 2.45) is 0 Å². The highest BCUT2D eigenvalue weighted by molar-refractivity contribution is 6.02. The zero-order chi connectivity index (χ0) is 18.9. The number of carbonyl (C=O) groups is 2. The van der Waals surface area contributed by atoms with Crippen LogP contribution in [0.5, 0.6) is 0 Å². The Balaban J connectivity index is 0.00000225. The minimum atomic E-state index is -0.738. The van der Waals surface area contributed by atoms with Gasteiger partial charge in [-0.1, -0.05) is 18.2 Å². The van der Waals surface area contributed by atoms with Crippen molar-refractivity contribution in [2.45, 2.75) is 43.8 Å². The molecule has 8 heteroatoms. The van der Waals surface area contributed by atoms with Gasteiger partial charge in [-0.3, -0.25) is 14.3 Å². The van der Waals surface area contributed by atoms with Gasteiger partial charge in [0.25, 0.3) is 0 Å². The highest BCUT2D eigenvalue weighted by Crippen LogP contribution is 2.30. The predicted molar refractivity (Wildman–Crippen MR) is 109 cm³/mol. The van der Waals surface area contributed by atoms with E-state index in [0.717, 1.165) is 18.8 Å². The zero-order valence-corrected chi connectivity index (χ0v) is 16.7. The van der Waals surface area contributed by atoms with Crippen molar-refractivity contribution in [3.63, 3.8) is 0 Å². The van der Waals surface area contributed by atoms with Gasteiger partial charge in [-0.25, -0.2) is 0 Å². The largest absolute Gasteiger partial charge is 0.342 e. The topological polar surface area (TPSA) is 79.3 Å². The molecule has 0 radical (unpaired) electrons. The normalized spacial score (nSPS) is 23.9. The van der Waals surface area contributed by atoms with Crippen LogP contribution in [0.1, 0.15) is 26.2 Å². The molecule has 2 unspecified atom stereocenters. The predicted octanol–water partition coefficient (Wildman–Crippen LogP) is 1.69. The fraction of sp³-hybridized carbons (Fsp3) is 0.450. The van der Waals surface area contributed by atoms with E-state index in [1.807, 2.05) is 49.5 Å². The molecule has 4 rings (SSSR count). The summed E-state index contributed by atoms with van der Waals surface area (Å²) in [7, 11) is 0. The van der Waals surface area contributed by atoms with Crippen LogP contribution in [0.2, 0.25) is 0 Å². The van der Waals surface area contributed by atoms with Crippen molar-refractivity contribution in [2.75, 3.05) is 18.0 Å². The molecule has 2 aliphatic heterocycles. The lowest BCUT2D eigenvalue weighted by atomic mass is 9.87. The molecule has 7 nitrogen and oxygen atoms in total. The van der Waals surface area contributed by atoms with E-state index >= 15 is 0 Å². The Morgan fingerprint density at radius 2 is 1.93 bits per heavy atom. The molecule has 2 N–H and O–H groups in total. The molecular formula is C20H26ClN5O2. The average molecular weight is 404 g/mol. The minimum absolute atomic E-state index is 0. The summed E-state index contributed by atoms with van der Waals surface area (Å²) in [6, 6.07) is 11.0. The monoisotopic (exact) mass is 403 g/mol. The molecule has 2 aromatic rings. The fourth-order valence-corrected chi connectivity index (χ4v) is 4.24. The van der Waals surface area contributed by atoms with Crippen LogP contribution in [0.15, 0.2) is 48.8 Å². The first-order valence-electron chi connectivity index (χ1n) is 9.52. The van der Waals surface area contributed by atoms with Gasteiger partial charge < -0.3 is 15.5 Å². The number of aromatic nitrogens is 2. The molecule has 28 heavy (non-hydrogen) atoms. The lowest BCUT2D eigenvalue weighted by Gasteiger charge is -2.37. The van der Waals surface area contributed by atoms with Gasteiger partial charge in [0, 0.05) is 24.1 Å². The van der Waals surface area contributed by atoms with Crippen LogP contribution in [0, 0.1) is 0 Å². The second kappa shape index (κ2) is 8.32. The van der Waals surface area contributed by atoms with Gasteiger partial charge in [-0.2, -0.15) is 5.10 Å². The first kappa shape index (κ1) is 20.4. The van der Waals surface area contributed by atoms with Crippen molar-refractivity contribution in [1.29, 1.82) is 0 Å². The molecule has 2 aliphatic rings. The van der Waals surface area contributed by atoms with Crippen molar-refractivity contribution in [3.8, 4) is 0 Å². The molecule has 1 aromatic carbocycles. The molecule has 2 atom stereocenters. The van der Waals surface area contributed by atoms with Gasteiger partial charge >= 0.3 is 0 Å². The Morgan fingerprint density at radius 1 is 1.21 bits per heavy atom. The minimum Gasteiger partial charge on any atom is -0.342 e. The summed E-state index contributed by atoms with van der Waals surface area (Å²) in [5, 5.41) is 10.7. The van der Waals surface area contributed by atoms with Crippen LogP contribution in [0.4, 0.5) is 5.69 Å². The summed E-state index contributed by atoms with van der Waals surface area (Å²) in [4.78, 5) is 28.1. The number of carbonyl (C=O) groups excluding carboxylic acids is 2. The van der Waals surface area contributed by atoms with Crippen LogP contribution in [-0.4, -0.2) is 46.8 Å². The number of piperidine rings is 1. The van der Waals surface area contributed by atoms with Crippen molar-refractivity contribution in [1.82, 2.24) is 20.4 Å². The first-order valence-corrected chi connectivity index (χ1v) is 9.52. The van der Waals surface area contributed by atoms with Gasteiger partial charge in [0.2, 0.25) is 11.8 Å². The number of anilines is 1. The van der Waals surface area contributed by atoms with Gasteiger partial charge in [0.15, 0.2) is 0 Å². The number of nitrogens with one attached hydrogen (secondary N) is 2. The third-order valence-corrected chi connectivity index (χ3v) is 5.69. The summed E-state index contributed by atoms with van der Waals surface area (Å²) >= 11 is 0. The second-order valence-corrected chi connectivity index (χ2v) is 7.39. The van der Waals surface area contributed by atoms with E-state index in [9.17, 15) is 9.59 Å². The van der Waals surface area contributed by atoms with Gasteiger partial charge in [-0.15, -0.1) is 12.4 Å². The Morgan fingerprint density at radius 3 is 2.57 bits per heavy atom. The molecule has 0 bridgehead atoms. The Bertz CT molecular complexity index is 805. The van der Waals surface area contributed by atoms with E-state index in [4.69, 9.17) is 0 Å². The number of nitrogens with zero attached hydrogens (tertiary/aromatic N) is 3. The number of amides is 2. The highest BCUT2D eigenvalue weighted by atomic mass is 35.5. The molecule has 150 valence electrons. The fourth-order valence-electron chi connectivity index (χ4n) is 4.24. The maximum absolute atomic E-state index is 13.3. The van der Waals surface area contributed by atoms with E-state index in [0.29, 0.717) is 19.3 Å². The van der Waals surface area contributed by atoms with Gasteiger partial charge in [0.05, 0.1) is 0 Å². The molecule has 1 aromatic heterocycles. The summed E-state index contributed by atoms with van der Waals surface area (Å²) in [6.45, 7) is 3.52. The van der Waals surface area contributed by atoms with E-state index in [1.54, 1.807) is 15.8 Å². The van der Waals surface area contributed by atoms with E-state index in [-0.39, 0.29) is 30.3 Å². The van der Waals surface area contributed by atoms with Crippen LogP contribution in [-0.2, 0) is 15.1 Å². The number of hydrogen-bond donors (Lipinski definition) is 2. The molecule has 2 saturated heterocycles. The second-order valence-electron chi connectivity index (χ2n) is 7.39. The summed E-state index contributed by atoms with van der Waals surface area (Å²) in [5.41, 5.74) is 0.133. The van der Waals surface area contributed by atoms with Crippen LogP contribution >= 0.6 is 12.4 Å². The summed E-state index contributed by atoms with van der Waals surface area (Å²) in [5.74, 6) is -0.167. The molecule has 0 aliphatic carbocycles. The number of hydrogen-bond acceptors (Lipinski definition) is 4. The smallest absolute Gasteiger partial charge is 0.249 e. The summed E-state index contributed by atoms with van der Waals surface area (Å²) < 4.78 is 1.75. The van der Waals surface area contributed by atoms with Crippen molar-refractivity contribution < 1.29 is 9.59 Å². The number of benzene rings is 1. The molecule has 0 spiro atoms. The Hall–Kier alpha value is -2.38. The van der Waals surface area contributed by atoms with Crippen LogP contribution in [0.3, 0.4) is 0 Å². The lowest BCUT2D eigenvalue weighted by Crippen LogP contribution is -2.57. The highest BCUT2D eigenvalue weighted by Gasteiger charge is 2.46. The van der Waals surface area contributed by atoms with E-state index in [1.165, 1.54) is 0 Å². The van der Waals surface area contributed by atoms with E-state index < -0.39 is 11.6 Å². The van der Waals surface area contributed by atoms with Crippen molar-refractivity contribution in [3.05, 3.63) is 48.8 Å². The molecular weight excluding hydrogens is 378 g/mol. The summed E-state index contributed by atoms with van der Waals surface area (Å²) in [6.07, 6.45) is 5.43. The van der Waals surface area contributed by atoms with Crippen LogP contribution < -0.4 is 15.5 Å². The van der Waals surface area contributed by atoms with Crippen LogP contribution in [0.25, 0.3) is 0 Å². The maximum Gasteiger partial charge on any atom is 0.249 e. The molecule has 3 heterocycles. The standard InChI is InChI=1S/C20H25N5O2.ClH/c1-15-14-17(18(26)25(15)16-6-3-2-4-7-16)23-19(27)20(8-11-21-12-9-20)24-13-5-10-22-24;/h2-7,10,13,15,17,21H,8-9,11-12,14H2,1H3,(H,23,27);1H. The third kappa shape index (κ3) is 3.52. The molecule has 0 saturated carbocycles. The van der Waals surface area contributed by atoms with Gasteiger partial charge in [0.1, 0.15) is 11.6 Å². The average Bonchev–Trinajstić information content (AvgIpc) is 3.32. The lowest BCUT2D eigenvalue weighted by molar-refractivity contribution is -0.135.